The topological polar surface area (TPSA) is 68.5 Å². The summed E-state index contributed by atoms with van der Waals surface area (Å²) in [6.07, 6.45) is 1.80. The summed E-state index contributed by atoms with van der Waals surface area (Å²) >= 11 is 3.02. The summed E-state index contributed by atoms with van der Waals surface area (Å²) in [6, 6.07) is 7.62. The van der Waals surface area contributed by atoms with E-state index in [1.807, 2.05) is 35.0 Å². The van der Waals surface area contributed by atoms with E-state index in [0.717, 1.165) is 10.6 Å². The first-order valence-electron chi connectivity index (χ1n) is 7.50. The van der Waals surface area contributed by atoms with Gasteiger partial charge >= 0.3 is 0 Å². The van der Waals surface area contributed by atoms with Crippen LogP contribution in [0.5, 0.6) is 5.75 Å². The molecule has 0 aliphatic carbocycles. The van der Waals surface area contributed by atoms with Gasteiger partial charge in [0.1, 0.15) is 5.69 Å². The molecule has 4 heterocycles. The van der Waals surface area contributed by atoms with Crippen LogP contribution < -0.4 is 10.1 Å². The summed E-state index contributed by atoms with van der Waals surface area (Å²) in [5.74, 6) is 0.379. The summed E-state index contributed by atoms with van der Waals surface area (Å²) < 4.78 is 7.05. The highest BCUT2D eigenvalue weighted by atomic mass is 32.1. The Morgan fingerprint density at radius 3 is 2.88 bits per heavy atom. The maximum Gasteiger partial charge on any atom is 0.276 e. The van der Waals surface area contributed by atoms with E-state index in [2.05, 4.69) is 15.3 Å². The molecule has 0 unspecified atom stereocenters. The lowest BCUT2D eigenvalue weighted by Gasteiger charge is -2.05. The smallest absolute Gasteiger partial charge is 0.276 e. The number of aromatic nitrogens is 3. The second-order valence-corrected chi connectivity index (χ2v) is 7.09. The van der Waals surface area contributed by atoms with Gasteiger partial charge in [-0.1, -0.05) is 6.07 Å². The quantitative estimate of drug-likeness (QED) is 0.587. The van der Waals surface area contributed by atoms with Crippen LogP contribution in [0.3, 0.4) is 0 Å². The highest BCUT2D eigenvalue weighted by molar-refractivity contribution is 7.16. The van der Waals surface area contributed by atoms with Gasteiger partial charge in [0.15, 0.2) is 16.5 Å². The molecule has 0 saturated carbocycles. The number of carbonyl (C=O) groups is 1. The summed E-state index contributed by atoms with van der Waals surface area (Å²) in [7, 11) is 1.58. The minimum Gasteiger partial charge on any atom is -0.493 e. The molecule has 0 fully saturated rings. The second-order valence-electron chi connectivity index (χ2n) is 5.29. The maximum atomic E-state index is 12.8. The Kier molecular flexibility index (Phi) is 3.98. The van der Waals surface area contributed by atoms with Gasteiger partial charge in [-0.3, -0.25) is 14.5 Å². The summed E-state index contributed by atoms with van der Waals surface area (Å²) in [5, 5.41) is 7.37. The van der Waals surface area contributed by atoms with E-state index in [0.29, 0.717) is 27.9 Å². The SMILES string of the molecule is COc1cccn2c(C(=O)Nc3nc(-c4cccs4)cs3)c(C)nc12. The Morgan fingerprint density at radius 2 is 2.12 bits per heavy atom. The van der Waals surface area contributed by atoms with Crippen LogP contribution in [-0.4, -0.2) is 27.4 Å². The molecule has 4 rings (SSSR count). The van der Waals surface area contributed by atoms with Gasteiger partial charge < -0.3 is 4.74 Å². The van der Waals surface area contributed by atoms with Gasteiger partial charge in [0.25, 0.3) is 5.91 Å². The van der Waals surface area contributed by atoms with Crippen molar-refractivity contribution in [3.8, 4) is 16.3 Å². The first-order valence-corrected chi connectivity index (χ1v) is 9.25. The van der Waals surface area contributed by atoms with Gasteiger partial charge in [-0.25, -0.2) is 9.97 Å². The van der Waals surface area contributed by atoms with Gasteiger partial charge in [-0.2, -0.15) is 0 Å². The van der Waals surface area contributed by atoms with E-state index >= 15 is 0 Å². The number of hydrogen-bond acceptors (Lipinski definition) is 6. The van der Waals surface area contributed by atoms with E-state index < -0.39 is 0 Å². The molecule has 4 aromatic heterocycles. The summed E-state index contributed by atoms with van der Waals surface area (Å²) in [4.78, 5) is 22.8. The molecule has 0 radical (unpaired) electrons. The number of thiazole rings is 1. The normalized spacial score (nSPS) is 11.0. The Morgan fingerprint density at radius 1 is 1.24 bits per heavy atom. The molecule has 0 spiro atoms. The average molecular weight is 370 g/mol. The van der Waals surface area contributed by atoms with Crippen LogP contribution in [0.15, 0.2) is 41.2 Å². The largest absolute Gasteiger partial charge is 0.493 e. The van der Waals surface area contributed by atoms with Gasteiger partial charge in [0.2, 0.25) is 0 Å². The van der Waals surface area contributed by atoms with Crippen LogP contribution in [0, 0.1) is 6.92 Å². The van der Waals surface area contributed by atoms with Crippen molar-refractivity contribution in [1.82, 2.24) is 14.4 Å². The number of imidazole rings is 1. The van der Waals surface area contributed by atoms with Gasteiger partial charge in [0.05, 0.1) is 23.4 Å². The number of nitrogens with one attached hydrogen (secondary N) is 1. The Bertz CT molecular complexity index is 1050. The lowest BCUT2D eigenvalue weighted by molar-refractivity contribution is 0.102. The Hall–Kier alpha value is -2.71. The van der Waals surface area contributed by atoms with Crippen LogP contribution in [0.2, 0.25) is 0 Å². The molecule has 0 saturated heterocycles. The predicted octanol–water partition coefficient (Wildman–Crippen LogP) is 4.09. The lowest BCUT2D eigenvalue weighted by Crippen LogP contribution is -2.15. The molecule has 0 aliphatic rings. The zero-order valence-corrected chi connectivity index (χ0v) is 15.1. The van der Waals surface area contributed by atoms with E-state index in [9.17, 15) is 4.79 Å². The number of nitrogens with zero attached hydrogens (tertiary/aromatic N) is 3. The van der Waals surface area contributed by atoms with E-state index in [1.54, 1.807) is 36.0 Å². The van der Waals surface area contributed by atoms with E-state index in [4.69, 9.17) is 4.74 Å². The fourth-order valence-electron chi connectivity index (χ4n) is 2.61. The molecular weight excluding hydrogens is 356 g/mol. The van der Waals surface area contributed by atoms with Crippen LogP contribution in [-0.2, 0) is 0 Å². The number of hydrogen-bond donors (Lipinski definition) is 1. The van der Waals surface area contributed by atoms with Gasteiger partial charge in [-0.05, 0) is 30.5 Å². The third-order valence-electron chi connectivity index (χ3n) is 3.72. The first kappa shape index (κ1) is 15.8. The van der Waals surface area contributed by atoms with Crippen molar-refractivity contribution in [2.24, 2.45) is 0 Å². The van der Waals surface area contributed by atoms with Crippen LogP contribution in [0.4, 0.5) is 5.13 Å². The highest BCUT2D eigenvalue weighted by Gasteiger charge is 2.19. The number of fused-ring (bicyclic) bond motifs is 1. The summed E-state index contributed by atoms with van der Waals surface area (Å²) in [6.45, 7) is 1.81. The number of anilines is 1. The minimum atomic E-state index is -0.245. The average Bonchev–Trinajstić information content (AvgIpc) is 3.32. The number of pyridine rings is 1. The molecule has 1 amide bonds. The van der Waals surface area contributed by atoms with Crippen molar-refractivity contribution in [3.63, 3.8) is 0 Å². The number of aryl methyl sites for hydroxylation is 1. The molecular formula is C17H14N4O2S2. The van der Waals surface area contributed by atoms with Crippen LogP contribution in [0.1, 0.15) is 16.2 Å². The Balaban J connectivity index is 1.66. The van der Waals surface area contributed by atoms with Crippen LogP contribution >= 0.6 is 22.7 Å². The summed E-state index contributed by atoms with van der Waals surface area (Å²) in [5.41, 5.74) is 2.59. The number of methoxy groups -OCH3 is 1. The van der Waals surface area contributed by atoms with Crippen LogP contribution in [0.25, 0.3) is 16.2 Å². The van der Waals surface area contributed by atoms with Crippen molar-refractivity contribution in [2.75, 3.05) is 12.4 Å². The molecule has 0 atom stereocenters. The van der Waals surface area contributed by atoms with Gasteiger partial charge in [-0.15, -0.1) is 22.7 Å². The molecule has 0 bridgehead atoms. The van der Waals surface area contributed by atoms with E-state index in [-0.39, 0.29) is 5.91 Å². The molecule has 0 aliphatic heterocycles. The van der Waals surface area contributed by atoms with Crippen molar-refractivity contribution in [3.05, 3.63) is 52.6 Å². The number of amides is 1. The van der Waals surface area contributed by atoms with Gasteiger partial charge in [0, 0.05) is 11.6 Å². The molecule has 1 N–H and O–H groups in total. The standard InChI is InChI=1S/C17H14N4O2S2/c1-10-14(21-7-3-5-12(23-2)15(21)18-10)16(22)20-17-19-11(9-25-17)13-6-4-8-24-13/h3-9H,1-2H3,(H,19,20,22). The Labute approximate surface area is 151 Å². The molecule has 25 heavy (non-hydrogen) atoms. The fraction of sp³-hybridized carbons (Fsp3) is 0.118. The minimum absolute atomic E-state index is 0.245. The number of ether oxygens (including phenoxy) is 1. The monoisotopic (exact) mass is 370 g/mol. The van der Waals surface area contributed by atoms with Crippen molar-refractivity contribution < 1.29 is 9.53 Å². The zero-order chi connectivity index (χ0) is 17.4. The lowest BCUT2D eigenvalue weighted by atomic mass is 10.3. The fourth-order valence-corrected chi connectivity index (χ4v) is 4.08. The molecule has 6 nitrogen and oxygen atoms in total. The molecule has 8 heteroatoms. The predicted molar refractivity (Wildman–Crippen MR) is 99.9 cm³/mol. The third-order valence-corrected chi connectivity index (χ3v) is 5.37. The second kappa shape index (κ2) is 6.30. The number of carbonyl (C=O) groups excluding carboxylic acids is 1. The number of thiophene rings is 1. The molecule has 0 aromatic carbocycles. The third kappa shape index (κ3) is 2.79. The van der Waals surface area contributed by atoms with Crippen molar-refractivity contribution >= 4 is 39.4 Å². The molecule has 4 aromatic rings. The first-order chi connectivity index (χ1) is 12.2. The highest BCUT2D eigenvalue weighted by Crippen LogP contribution is 2.29. The van der Waals surface area contributed by atoms with Crippen molar-refractivity contribution in [1.29, 1.82) is 0 Å². The zero-order valence-electron chi connectivity index (χ0n) is 13.5. The maximum absolute atomic E-state index is 12.8. The number of rotatable bonds is 4. The van der Waals surface area contributed by atoms with E-state index in [1.165, 1.54) is 11.3 Å². The van der Waals surface area contributed by atoms with Crippen molar-refractivity contribution in [2.45, 2.75) is 6.92 Å². The molecule has 126 valence electrons.